The third kappa shape index (κ3) is 2.36. The lowest BCUT2D eigenvalue weighted by atomic mass is 9.92. The summed E-state index contributed by atoms with van der Waals surface area (Å²) in [4.78, 5) is 0. The van der Waals surface area contributed by atoms with Crippen molar-refractivity contribution in [2.75, 3.05) is 0 Å². The highest BCUT2D eigenvalue weighted by Crippen LogP contribution is 2.30. The summed E-state index contributed by atoms with van der Waals surface area (Å²) in [5, 5.41) is 5.82. The maximum atomic E-state index is 5.97. The summed E-state index contributed by atoms with van der Waals surface area (Å²) >= 11 is 0. The normalized spacial score (nSPS) is 22.7. The summed E-state index contributed by atoms with van der Waals surface area (Å²) < 4.78 is 7.95. The summed E-state index contributed by atoms with van der Waals surface area (Å²) in [5.41, 5.74) is 7.78. The maximum absolute atomic E-state index is 5.97. The van der Waals surface area contributed by atoms with Gasteiger partial charge >= 0.3 is 0 Å². The number of aromatic nitrogens is 2. The van der Waals surface area contributed by atoms with Gasteiger partial charge in [-0.3, -0.25) is 4.68 Å². The van der Waals surface area contributed by atoms with E-state index in [4.69, 9.17) is 15.2 Å². The maximum Gasteiger partial charge on any atom is 0.155 e. The van der Waals surface area contributed by atoms with Gasteiger partial charge in [0.15, 0.2) is 5.76 Å². The molecule has 108 valence electrons. The van der Waals surface area contributed by atoms with Crippen LogP contribution in [0.4, 0.5) is 0 Å². The molecule has 3 aromatic rings. The Hall–Kier alpha value is -2.07. The van der Waals surface area contributed by atoms with Gasteiger partial charge in [-0.25, -0.2) is 0 Å². The molecule has 2 heterocycles. The van der Waals surface area contributed by atoms with Crippen LogP contribution in [-0.2, 0) is 0 Å². The Balaban J connectivity index is 1.61. The minimum Gasteiger partial charge on any atom is -0.454 e. The zero-order chi connectivity index (χ0) is 14.2. The van der Waals surface area contributed by atoms with E-state index in [2.05, 4.69) is 23.0 Å². The van der Waals surface area contributed by atoms with Crippen LogP contribution in [0.2, 0.25) is 0 Å². The molecule has 21 heavy (non-hydrogen) atoms. The second-order valence-corrected chi connectivity index (χ2v) is 5.90. The van der Waals surface area contributed by atoms with Crippen LogP contribution < -0.4 is 5.73 Å². The first-order chi connectivity index (χ1) is 10.3. The van der Waals surface area contributed by atoms with Crippen LogP contribution in [0.25, 0.3) is 22.4 Å². The number of hydrogen-bond acceptors (Lipinski definition) is 3. The van der Waals surface area contributed by atoms with Gasteiger partial charge in [-0.05, 0) is 43.9 Å². The number of fused-ring (bicyclic) bond motifs is 1. The first kappa shape index (κ1) is 12.7. The Morgan fingerprint density at radius 3 is 2.71 bits per heavy atom. The van der Waals surface area contributed by atoms with Crippen LogP contribution in [0.15, 0.2) is 47.0 Å². The van der Waals surface area contributed by atoms with E-state index in [0.717, 1.165) is 48.1 Å². The van der Waals surface area contributed by atoms with E-state index in [0.29, 0.717) is 12.1 Å². The zero-order valence-corrected chi connectivity index (χ0v) is 11.9. The van der Waals surface area contributed by atoms with E-state index >= 15 is 0 Å². The lowest BCUT2D eigenvalue weighted by Gasteiger charge is -2.26. The fourth-order valence-corrected chi connectivity index (χ4v) is 3.15. The van der Waals surface area contributed by atoms with Crippen molar-refractivity contribution < 1.29 is 4.42 Å². The van der Waals surface area contributed by atoms with E-state index in [-0.39, 0.29) is 0 Å². The average molecular weight is 281 g/mol. The van der Waals surface area contributed by atoms with Gasteiger partial charge in [-0.1, -0.05) is 18.2 Å². The summed E-state index contributed by atoms with van der Waals surface area (Å²) in [6.45, 7) is 0. The molecule has 1 saturated carbocycles. The van der Waals surface area contributed by atoms with E-state index in [1.54, 1.807) is 0 Å². The van der Waals surface area contributed by atoms with Crippen molar-refractivity contribution in [2.45, 2.75) is 37.8 Å². The lowest BCUT2D eigenvalue weighted by Crippen LogP contribution is -2.28. The van der Waals surface area contributed by atoms with Crippen LogP contribution >= 0.6 is 0 Å². The SMILES string of the molecule is NC1CCC(n2ccc(-c3cc4ccccc4o3)n2)CC1. The molecule has 4 nitrogen and oxygen atoms in total. The van der Waals surface area contributed by atoms with E-state index in [9.17, 15) is 0 Å². The van der Waals surface area contributed by atoms with Gasteiger partial charge in [0.05, 0.1) is 6.04 Å². The Morgan fingerprint density at radius 1 is 1.10 bits per heavy atom. The van der Waals surface area contributed by atoms with Gasteiger partial charge in [0.2, 0.25) is 0 Å². The van der Waals surface area contributed by atoms with Crippen molar-refractivity contribution in [2.24, 2.45) is 5.73 Å². The Labute approximate surface area is 123 Å². The zero-order valence-electron chi connectivity index (χ0n) is 11.9. The van der Waals surface area contributed by atoms with Gasteiger partial charge < -0.3 is 10.2 Å². The molecule has 4 rings (SSSR count). The Kier molecular flexibility index (Phi) is 3.04. The minimum atomic E-state index is 0.367. The fraction of sp³-hybridized carbons (Fsp3) is 0.353. The smallest absolute Gasteiger partial charge is 0.155 e. The van der Waals surface area contributed by atoms with Gasteiger partial charge in [0.1, 0.15) is 11.3 Å². The highest BCUT2D eigenvalue weighted by atomic mass is 16.3. The van der Waals surface area contributed by atoms with E-state index < -0.39 is 0 Å². The number of para-hydroxylation sites is 1. The highest BCUT2D eigenvalue weighted by molar-refractivity contribution is 5.81. The number of rotatable bonds is 2. The first-order valence-electron chi connectivity index (χ1n) is 7.59. The predicted octanol–water partition coefficient (Wildman–Crippen LogP) is 3.74. The first-order valence-corrected chi connectivity index (χ1v) is 7.59. The van der Waals surface area contributed by atoms with Crippen LogP contribution in [0.1, 0.15) is 31.7 Å². The molecule has 1 fully saturated rings. The van der Waals surface area contributed by atoms with Gasteiger partial charge in [-0.15, -0.1) is 0 Å². The summed E-state index contributed by atoms with van der Waals surface area (Å²) in [5.74, 6) is 0.836. The average Bonchev–Trinajstić information content (AvgIpc) is 3.14. The van der Waals surface area contributed by atoms with Crippen LogP contribution in [0.5, 0.6) is 0 Å². The minimum absolute atomic E-state index is 0.367. The lowest BCUT2D eigenvalue weighted by molar-refractivity contribution is 0.304. The van der Waals surface area contributed by atoms with Crippen molar-refractivity contribution in [1.82, 2.24) is 9.78 Å². The third-order valence-corrected chi connectivity index (χ3v) is 4.40. The summed E-state index contributed by atoms with van der Waals surface area (Å²) in [6.07, 6.45) is 6.46. The number of nitrogens with zero attached hydrogens (tertiary/aromatic N) is 2. The molecule has 2 aromatic heterocycles. The quantitative estimate of drug-likeness (QED) is 0.778. The molecule has 0 bridgehead atoms. The summed E-state index contributed by atoms with van der Waals surface area (Å²) in [6, 6.07) is 13.0. The highest BCUT2D eigenvalue weighted by Gasteiger charge is 2.21. The molecular formula is C17H19N3O. The van der Waals surface area contributed by atoms with Gasteiger partial charge in [-0.2, -0.15) is 5.10 Å². The molecule has 0 saturated heterocycles. The number of hydrogen-bond donors (Lipinski definition) is 1. The second kappa shape index (κ2) is 5.04. The Bertz CT molecular complexity index is 717. The van der Waals surface area contributed by atoms with E-state index in [1.807, 2.05) is 24.3 Å². The van der Waals surface area contributed by atoms with Crippen molar-refractivity contribution in [1.29, 1.82) is 0 Å². The van der Waals surface area contributed by atoms with Crippen molar-refractivity contribution in [3.63, 3.8) is 0 Å². The van der Waals surface area contributed by atoms with Crippen molar-refractivity contribution >= 4 is 11.0 Å². The molecule has 1 aliphatic rings. The monoisotopic (exact) mass is 281 g/mol. The molecular weight excluding hydrogens is 262 g/mol. The molecule has 2 N–H and O–H groups in total. The second-order valence-electron chi connectivity index (χ2n) is 5.90. The molecule has 0 radical (unpaired) electrons. The fourth-order valence-electron chi connectivity index (χ4n) is 3.15. The van der Waals surface area contributed by atoms with Gasteiger partial charge in [0, 0.05) is 17.6 Å². The molecule has 0 amide bonds. The predicted molar refractivity (Wildman–Crippen MR) is 82.9 cm³/mol. The summed E-state index contributed by atoms with van der Waals surface area (Å²) in [7, 11) is 0. The molecule has 0 aliphatic heterocycles. The molecule has 1 aliphatic carbocycles. The largest absolute Gasteiger partial charge is 0.454 e. The topological polar surface area (TPSA) is 57.0 Å². The van der Waals surface area contributed by atoms with Crippen LogP contribution in [-0.4, -0.2) is 15.8 Å². The molecule has 4 heteroatoms. The van der Waals surface area contributed by atoms with Crippen LogP contribution in [0, 0.1) is 0 Å². The molecule has 0 spiro atoms. The standard InChI is InChI=1S/C17H19N3O/c18-13-5-7-14(8-6-13)20-10-9-15(19-20)17-11-12-3-1-2-4-16(12)21-17/h1-4,9-11,13-14H,5-8,18H2. The third-order valence-electron chi connectivity index (χ3n) is 4.40. The van der Waals surface area contributed by atoms with Crippen molar-refractivity contribution in [3.8, 4) is 11.5 Å². The van der Waals surface area contributed by atoms with Crippen molar-refractivity contribution in [3.05, 3.63) is 42.6 Å². The molecule has 0 atom stereocenters. The molecule has 0 unspecified atom stereocenters. The van der Waals surface area contributed by atoms with Gasteiger partial charge in [0.25, 0.3) is 0 Å². The number of nitrogens with two attached hydrogens (primary N) is 1. The van der Waals surface area contributed by atoms with Crippen LogP contribution in [0.3, 0.4) is 0 Å². The Morgan fingerprint density at radius 2 is 1.90 bits per heavy atom. The molecule has 1 aromatic carbocycles. The van der Waals surface area contributed by atoms with E-state index in [1.165, 1.54) is 0 Å². The number of furan rings is 1. The number of benzene rings is 1.